The van der Waals surface area contributed by atoms with Crippen LogP contribution in [0.5, 0.6) is 0 Å². The van der Waals surface area contributed by atoms with E-state index >= 15 is 0 Å². The quantitative estimate of drug-likeness (QED) is 0.339. The molecule has 142 valence electrons. The summed E-state index contributed by atoms with van der Waals surface area (Å²) in [5.41, 5.74) is 10.1. The molecule has 1 nitrogen and oxygen atoms in total. The van der Waals surface area contributed by atoms with Gasteiger partial charge in [-0.15, -0.1) is 0 Å². The predicted octanol–water partition coefficient (Wildman–Crippen LogP) is 8.17. The van der Waals surface area contributed by atoms with Crippen LogP contribution in [0, 0.1) is 0 Å². The summed E-state index contributed by atoms with van der Waals surface area (Å²) < 4.78 is 1.10. The van der Waals surface area contributed by atoms with E-state index in [9.17, 15) is 0 Å². The zero-order valence-corrected chi connectivity index (χ0v) is 18.1. The standard InChI is InChI=1S/C27H22BrN/c1-27(2)24-11-7-6-10-21(24)22-14-12-20(17-25(22)27)29-19-13-15-26(28)23(16-19)18-8-4-3-5-9-18/h3-17,29H,1-2H3. The first-order valence-electron chi connectivity index (χ1n) is 9.90. The van der Waals surface area contributed by atoms with Gasteiger partial charge in [0.2, 0.25) is 0 Å². The number of benzene rings is 4. The molecule has 2 heteroatoms. The smallest absolute Gasteiger partial charge is 0.0391 e. The first-order chi connectivity index (χ1) is 14.0. The van der Waals surface area contributed by atoms with Crippen molar-refractivity contribution in [2.45, 2.75) is 19.3 Å². The van der Waals surface area contributed by atoms with Crippen molar-refractivity contribution in [1.82, 2.24) is 0 Å². The van der Waals surface area contributed by atoms with Crippen molar-refractivity contribution >= 4 is 27.3 Å². The maximum atomic E-state index is 3.70. The summed E-state index contributed by atoms with van der Waals surface area (Å²) >= 11 is 3.70. The third-order valence-corrected chi connectivity index (χ3v) is 6.61. The molecule has 0 saturated heterocycles. The molecule has 0 amide bonds. The van der Waals surface area contributed by atoms with Crippen LogP contribution >= 0.6 is 15.9 Å². The van der Waals surface area contributed by atoms with Crippen molar-refractivity contribution in [2.24, 2.45) is 0 Å². The van der Waals surface area contributed by atoms with E-state index in [1.807, 2.05) is 6.07 Å². The number of anilines is 2. The number of nitrogens with one attached hydrogen (secondary N) is 1. The minimum atomic E-state index is 0.0124. The molecule has 5 rings (SSSR count). The average molecular weight is 440 g/mol. The van der Waals surface area contributed by atoms with Crippen molar-refractivity contribution in [3.05, 3.63) is 107 Å². The summed E-state index contributed by atoms with van der Waals surface area (Å²) in [5.74, 6) is 0. The molecule has 4 aromatic carbocycles. The van der Waals surface area contributed by atoms with Gasteiger partial charge in [0.25, 0.3) is 0 Å². The van der Waals surface area contributed by atoms with Crippen LogP contribution in [0.4, 0.5) is 11.4 Å². The third kappa shape index (κ3) is 3.08. The lowest BCUT2D eigenvalue weighted by molar-refractivity contribution is 0.660. The van der Waals surface area contributed by atoms with E-state index in [1.165, 1.54) is 33.4 Å². The van der Waals surface area contributed by atoms with E-state index in [1.54, 1.807) is 0 Å². The maximum absolute atomic E-state index is 3.70. The van der Waals surface area contributed by atoms with Gasteiger partial charge >= 0.3 is 0 Å². The van der Waals surface area contributed by atoms with Crippen molar-refractivity contribution in [2.75, 3.05) is 5.32 Å². The monoisotopic (exact) mass is 439 g/mol. The van der Waals surface area contributed by atoms with Crippen LogP contribution in [-0.4, -0.2) is 0 Å². The summed E-state index contributed by atoms with van der Waals surface area (Å²) in [7, 11) is 0. The van der Waals surface area contributed by atoms with Crippen LogP contribution in [0.25, 0.3) is 22.3 Å². The highest BCUT2D eigenvalue weighted by molar-refractivity contribution is 9.10. The number of rotatable bonds is 3. The molecule has 1 N–H and O–H groups in total. The Hall–Kier alpha value is -2.84. The molecule has 0 spiro atoms. The molecular weight excluding hydrogens is 418 g/mol. The molecule has 0 fully saturated rings. The molecule has 0 bridgehead atoms. The summed E-state index contributed by atoms with van der Waals surface area (Å²) in [6.07, 6.45) is 0. The van der Waals surface area contributed by atoms with Crippen molar-refractivity contribution in [3.63, 3.8) is 0 Å². The Morgan fingerprint density at radius 2 is 1.28 bits per heavy atom. The second-order valence-electron chi connectivity index (χ2n) is 8.12. The van der Waals surface area contributed by atoms with Gasteiger partial charge in [-0.2, -0.15) is 0 Å². The first kappa shape index (κ1) is 18.2. The normalized spacial score (nSPS) is 13.6. The van der Waals surface area contributed by atoms with Gasteiger partial charge in [0.15, 0.2) is 0 Å². The Kier molecular flexibility index (Phi) is 4.33. The summed E-state index contributed by atoms with van der Waals surface area (Å²) in [4.78, 5) is 0. The molecule has 29 heavy (non-hydrogen) atoms. The summed E-state index contributed by atoms with van der Waals surface area (Å²) in [6, 6.07) is 32.4. The molecule has 0 heterocycles. The number of hydrogen-bond donors (Lipinski definition) is 1. The minimum absolute atomic E-state index is 0.0124. The van der Waals surface area contributed by atoms with Gasteiger partial charge in [0.05, 0.1) is 0 Å². The Morgan fingerprint density at radius 1 is 0.621 bits per heavy atom. The van der Waals surface area contributed by atoms with Crippen LogP contribution in [0.3, 0.4) is 0 Å². The van der Waals surface area contributed by atoms with E-state index < -0.39 is 0 Å². The van der Waals surface area contributed by atoms with Gasteiger partial charge in [-0.3, -0.25) is 0 Å². The molecule has 0 radical (unpaired) electrons. The second kappa shape index (κ2) is 6.89. The van der Waals surface area contributed by atoms with Crippen LogP contribution in [0.2, 0.25) is 0 Å². The average Bonchev–Trinajstić information content (AvgIpc) is 2.97. The lowest BCUT2D eigenvalue weighted by atomic mass is 9.82. The number of hydrogen-bond acceptors (Lipinski definition) is 1. The highest BCUT2D eigenvalue weighted by Gasteiger charge is 2.35. The van der Waals surface area contributed by atoms with Crippen molar-refractivity contribution in [1.29, 1.82) is 0 Å². The number of fused-ring (bicyclic) bond motifs is 3. The maximum Gasteiger partial charge on any atom is 0.0391 e. The van der Waals surface area contributed by atoms with E-state index in [4.69, 9.17) is 0 Å². The van der Waals surface area contributed by atoms with Crippen molar-refractivity contribution in [3.8, 4) is 22.3 Å². The predicted molar refractivity (Wildman–Crippen MR) is 127 cm³/mol. The third-order valence-electron chi connectivity index (χ3n) is 5.92. The minimum Gasteiger partial charge on any atom is -0.355 e. The Morgan fingerprint density at radius 3 is 2.10 bits per heavy atom. The zero-order chi connectivity index (χ0) is 20.0. The zero-order valence-electron chi connectivity index (χ0n) is 16.5. The Labute approximate surface area is 180 Å². The molecule has 0 unspecified atom stereocenters. The topological polar surface area (TPSA) is 12.0 Å². The lowest BCUT2D eigenvalue weighted by Crippen LogP contribution is -2.15. The van der Waals surface area contributed by atoms with Crippen LogP contribution in [0.1, 0.15) is 25.0 Å². The fraction of sp³-hybridized carbons (Fsp3) is 0.111. The highest BCUT2D eigenvalue weighted by atomic mass is 79.9. The molecule has 0 atom stereocenters. The molecule has 1 aliphatic rings. The molecule has 0 saturated carbocycles. The van der Waals surface area contributed by atoms with Crippen LogP contribution in [-0.2, 0) is 5.41 Å². The molecule has 1 aliphatic carbocycles. The van der Waals surface area contributed by atoms with Gasteiger partial charge < -0.3 is 5.32 Å². The van der Waals surface area contributed by atoms with E-state index in [0.29, 0.717) is 0 Å². The van der Waals surface area contributed by atoms with E-state index in [2.05, 4.69) is 120 Å². The van der Waals surface area contributed by atoms with Gasteiger partial charge in [0, 0.05) is 21.3 Å². The van der Waals surface area contributed by atoms with Crippen molar-refractivity contribution < 1.29 is 0 Å². The largest absolute Gasteiger partial charge is 0.355 e. The Balaban J connectivity index is 1.51. The van der Waals surface area contributed by atoms with Gasteiger partial charge in [-0.25, -0.2) is 0 Å². The van der Waals surface area contributed by atoms with Gasteiger partial charge in [-0.1, -0.05) is 90.4 Å². The van der Waals surface area contributed by atoms with Gasteiger partial charge in [-0.05, 0) is 63.7 Å². The number of halogens is 1. The second-order valence-corrected chi connectivity index (χ2v) is 8.97. The molecule has 4 aromatic rings. The SMILES string of the molecule is CC1(C)c2ccccc2-c2ccc(Nc3ccc(Br)c(-c4ccccc4)c3)cc21. The van der Waals surface area contributed by atoms with E-state index in [-0.39, 0.29) is 5.41 Å². The summed E-state index contributed by atoms with van der Waals surface area (Å²) in [6.45, 7) is 4.63. The van der Waals surface area contributed by atoms with Crippen LogP contribution < -0.4 is 5.32 Å². The van der Waals surface area contributed by atoms with Crippen LogP contribution in [0.15, 0.2) is 95.5 Å². The molecule has 0 aliphatic heterocycles. The highest BCUT2D eigenvalue weighted by Crippen LogP contribution is 2.49. The fourth-order valence-electron chi connectivity index (χ4n) is 4.39. The summed E-state index contributed by atoms with van der Waals surface area (Å²) in [5, 5.41) is 3.61. The molecule has 0 aromatic heterocycles. The fourth-order valence-corrected chi connectivity index (χ4v) is 4.87. The Bertz CT molecular complexity index is 1210. The lowest BCUT2D eigenvalue weighted by Gasteiger charge is -2.22. The molecular formula is C27H22BrN. The van der Waals surface area contributed by atoms with Gasteiger partial charge in [0.1, 0.15) is 0 Å². The van der Waals surface area contributed by atoms with E-state index in [0.717, 1.165) is 15.8 Å². The first-order valence-corrected chi connectivity index (χ1v) is 10.7.